The van der Waals surface area contributed by atoms with Crippen molar-refractivity contribution in [2.24, 2.45) is 5.92 Å². The topological polar surface area (TPSA) is 81.8 Å². The number of piperazine rings is 1. The van der Waals surface area contributed by atoms with Crippen molar-refractivity contribution < 1.29 is 14.4 Å². The lowest BCUT2D eigenvalue weighted by atomic mass is 10.0. The van der Waals surface area contributed by atoms with Crippen LogP contribution in [0.1, 0.15) is 26.3 Å². The highest BCUT2D eigenvalue weighted by atomic mass is 16.2. The number of nitrogens with zero attached hydrogens (tertiary/aromatic N) is 2. The van der Waals surface area contributed by atoms with Crippen LogP contribution >= 0.6 is 0 Å². The van der Waals surface area contributed by atoms with E-state index in [1.807, 2.05) is 49.1 Å². The van der Waals surface area contributed by atoms with Gasteiger partial charge in [0.05, 0.1) is 6.54 Å². The van der Waals surface area contributed by atoms with E-state index in [4.69, 9.17) is 0 Å². The standard InChI is InChI=1S/C20H30N4O3/c1-15(2)19(22-16(3)25)20(27)24-11-9-23(10-12-24)14-18(26)21-13-17-7-5-4-6-8-17/h4-8,15,19H,9-14H2,1-3H3,(H,21,26)(H,22,25). The maximum atomic E-state index is 12.7. The Hall–Kier alpha value is -2.41. The minimum Gasteiger partial charge on any atom is -0.351 e. The lowest BCUT2D eigenvalue weighted by Gasteiger charge is -2.36. The Bertz CT molecular complexity index is 640. The van der Waals surface area contributed by atoms with Gasteiger partial charge in [0.25, 0.3) is 0 Å². The summed E-state index contributed by atoms with van der Waals surface area (Å²) in [5.74, 6) is -0.232. The van der Waals surface area contributed by atoms with Crippen LogP contribution in [0.15, 0.2) is 30.3 Å². The van der Waals surface area contributed by atoms with Crippen LogP contribution in [-0.4, -0.2) is 66.3 Å². The summed E-state index contributed by atoms with van der Waals surface area (Å²) in [5.41, 5.74) is 1.07. The van der Waals surface area contributed by atoms with Crippen molar-refractivity contribution in [3.8, 4) is 0 Å². The van der Waals surface area contributed by atoms with Crippen molar-refractivity contribution in [2.75, 3.05) is 32.7 Å². The Morgan fingerprint density at radius 3 is 2.22 bits per heavy atom. The molecule has 0 aliphatic carbocycles. The molecule has 3 amide bonds. The fraction of sp³-hybridized carbons (Fsp3) is 0.550. The minimum atomic E-state index is -0.497. The van der Waals surface area contributed by atoms with Gasteiger partial charge in [0.15, 0.2) is 0 Å². The number of nitrogens with one attached hydrogen (secondary N) is 2. The van der Waals surface area contributed by atoms with Crippen LogP contribution in [0.2, 0.25) is 0 Å². The van der Waals surface area contributed by atoms with Crippen molar-refractivity contribution >= 4 is 17.7 Å². The molecule has 2 N–H and O–H groups in total. The van der Waals surface area contributed by atoms with Gasteiger partial charge in [0.1, 0.15) is 6.04 Å². The number of rotatable bonds is 7. The average molecular weight is 374 g/mol. The molecule has 7 heteroatoms. The molecule has 0 radical (unpaired) electrons. The van der Waals surface area contributed by atoms with Crippen LogP contribution in [0.25, 0.3) is 0 Å². The second-order valence-corrected chi connectivity index (χ2v) is 7.29. The number of hydrogen-bond donors (Lipinski definition) is 2. The average Bonchev–Trinajstić information content (AvgIpc) is 2.65. The Morgan fingerprint density at radius 1 is 1.04 bits per heavy atom. The van der Waals surface area contributed by atoms with E-state index in [1.54, 1.807) is 4.90 Å². The van der Waals surface area contributed by atoms with Gasteiger partial charge in [0.2, 0.25) is 17.7 Å². The highest BCUT2D eigenvalue weighted by Gasteiger charge is 2.30. The summed E-state index contributed by atoms with van der Waals surface area (Å²) in [7, 11) is 0. The molecule has 1 unspecified atom stereocenters. The molecule has 0 bridgehead atoms. The second kappa shape index (κ2) is 10.1. The molecule has 1 aromatic rings. The minimum absolute atomic E-state index is 0.0167. The van der Waals surface area contributed by atoms with Gasteiger partial charge >= 0.3 is 0 Å². The van der Waals surface area contributed by atoms with Crippen LogP contribution in [0.3, 0.4) is 0 Å². The highest BCUT2D eigenvalue weighted by Crippen LogP contribution is 2.10. The quantitative estimate of drug-likeness (QED) is 0.733. The number of hydrogen-bond acceptors (Lipinski definition) is 4. The zero-order valence-electron chi connectivity index (χ0n) is 16.4. The van der Waals surface area contributed by atoms with Crippen LogP contribution in [0, 0.1) is 5.92 Å². The van der Waals surface area contributed by atoms with Gasteiger partial charge in [0, 0.05) is 39.6 Å². The molecule has 1 aliphatic rings. The summed E-state index contributed by atoms with van der Waals surface area (Å²) in [4.78, 5) is 40.0. The Balaban J connectivity index is 1.76. The van der Waals surface area contributed by atoms with Crippen molar-refractivity contribution in [1.82, 2.24) is 20.4 Å². The van der Waals surface area contributed by atoms with E-state index in [0.29, 0.717) is 39.3 Å². The van der Waals surface area contributed by atoms with E-state index >= 15 is 0 Å². The van der Waals surface area contributed by atoms with Gasteiger partial charge in [-0.15, -0.1) is 0 Å². The normalized spacial score (nSPS) is 16.1. The van der Waals surface area contributed by atoms with E-state index in [9.17, 15) is 14.4 Å². The first-order valence-electron chi connectivity index (χ1n) is 9.45. The molecule has 0 saturated carbocycles. The first-order chi connectivity index (χ1) is 12.9. The molecular formula is C20H30N4O3. The molecule has 27 heavy (non-hydrogen) atoms. The Labute approximate surface area is 161 Å². The predicted molar refractivity (Wildman–Crippen MR) is 104 cm³/mol. The number of carbonyl (C=O) groups excluding carboxylic acids is 3. The number of amides is 3. The molecule has 1 heterocycles. The smallest absolute Gasteiger partial charge is 0.245 e. The van der Waals surface area contributed by atoms with Gasteiger partial charge in [-0.05, 0) is 11.5 Å². The lowest BCUT2D eigenvalue weighted by Crippen LogP contribution is -2.57. The van der Waals surface area contributed by atoms with Crippen molar-refractivity contribution in [1.29, 1.82) is 0 Å². The first kappa shape index (κ1) is 20.9. The monoisotopic (exact) mass is 374 g/mol. The molecule has 148 valence electrons. The second-order valence-electron chi connectivity index (χ2n) is 7.29. The number of carbonyl (C=O) groups is 3. The molecule has 0 spiro atoms. The fourth-order valence-electron chi connectivity index (χ4n) is 3.11. The summed E-state index contributed by atoms with van der Waals surface area (Å²) in [6.07, 6.45) is 0. The zero-order chi connectivity index (χ0) is 19.8. The van der Waals surface area contributed by atoms with Crippen LogP contribution in [0.5, 0.6) is 0 Å². The van der Waals surface area contributed by atoms with Crippen LogP contribution < -0.4 is 10.6 Å². The van der Waals surface area contributed by atoms with Crippen molar-refractivity contribution in [3.63, 3.8) is 0 Å². The Morgan fingerprint density at radius 2 is 1.67 bits per heavy atom. The summed E-state index contributed by atoms with van der Waals surface area (Å²) in [6, 6.07) is 9.30. The van der Waals surface area contributed by atoms with E-state index in [1.165, 1.54) is 6.92 Å². The van der Waals surface area contributed by atoms with Gasteiger partial charge in [-0.1, -0.05) is 44.2 Å². The SMILES string of the molecule is CC(=O)NC(C(=O)N1CCN(CC(=O)NCc2ccccc2)CC1)C(C)C. The van der Waals surface area contributed by atoms with Gasteiger partial charge in [-0.3, -0.25) is 19.3 Å². The van der Waals surface area contributed by atoms with Gasteiger partial charge in [-0.25, -0.2) is 0 Å². The first-order valence-corrected chi connectivity index (χ1v) is 9.45. The van der Waals surface area contributed by atoms with Crippen molar-refractivity contribution in [2.45, 2.75) is 33.4 Å². The summed E-state index contributed by atoms with van der Waals surface area (Å²) < 4.78 is 0. The fourth-order valence-corrected chi connectivity index (χ4v) is 3.11. The van der Waals surface area contributed by atoms with Gasteiger partial charge in [-0.2, -0.15) is 0 Å². The maximum absolute atomic E-state index is 12.7. The van der Waals surface area contributed by atoms with E-state index < -0.39 is 6.04 Å². The maximum Gasteiger partial charge on any atom is 0.245 e. The third-order valence-electron chi connectivity index (χ3n) is 4.68. The Kier molecular flexibility index (Phi) is 7.79. The summed E-state index contributed by atoms with van der Waals surface area (Å²) in [6.45, 7) is 8.54. The molecular weight excluding hydrogens is 344 g/mol. The van der Waals surface area contributed by atoms with E-state index in [0.717, 1.165) is 5.56 Å². The largest absolute Gasteiger partial charge is 0.351 e. The summed E-state index contributed by atoms with van der Waals surface area (Å²) in [5, 5.41) is 5.67. The van der Waals surface area contributed by atoms with Crippen LogP contribution in [0.4, 0.5) is 0 Å². The molecule has 1 saturated heterocycles. The predicted octanol–water partition coefficient (Wildman–Crippen LogP) is 0.608. The summed E-state index contributed by atoms with van der Waals surface area (Å²) >= 11 is 0. The molecule has 1 fully saturated rings. The number of benzene rings is 1. The molecule has 1 aliphatic heterocycles. The van der Waals surface area contributed by atoms with Gasteiger partial charge < -0.3 is 15.5 Å². The highest BCUT2D eigenvalue weighted by molar-refractivity contribution is 5.87. The van der Waals surface area contributed by atoms with E-state index in [-0.39, 0.29) is 23.6 Å². The van der Waals surface area contributed by atoms with Crippen molar-refractivity contribution in [3.05, 3.63) is 35.9 Å². The molecule has 1 aromatic carbocycles. The lowest BCUT2D eigenvalue weighted by molar-refractivity contribution is -0.139. The zero-order valence-corrected chi connectivity index (χ0v) is 16.4. The van der Waals surface area contributed by atoms with Crippen LogP contribution in [-0.2, 0) is 20.9 Å². The molecule has 7 nitrogen and oxygen atoms in total. The molecule has 0 aromatic heterocycles. The molecule has 1 atom stereocenters. The van der Waals surface area contributed by atoms with E-state index in [2.05, 4.69) is 10.6 Å². The molecule has 2 rings (SSSR count). The third-order valence-corrected chi connectivity index (χ3v) is 4.68. The third kappa shape index (κ3) is 6.67.